The fourth-order valence-corrected chi connectivity index (χ4v) is 4.39. The normalized spacial score (nSPS) is 33.0. The van der Waals surface area contributed by atoms with Gasteiger partial charge in [0, 0.05) is 31.2 Å². The van der Waals surface area contributed by atoms with E-state index in [-0.39, 0.29) is 17.5 Å². The quantitative estimate of drug-likeness (QED) is 0.868. The molecule has 21 heavy (non-hydrogen) atoms. The zero-order valence-electron chi connectivity index (χ0n) is 12.3. The average Bonchev–Trinajstić information content (AvgIpc) is 3.00. The van der Waals surface area contributed by atoms with E-state index in [0.29, 0.717) is 11.9 Å². The predicted molar refractivity (Wildman–Crippen MR) is 81.7 cm³/mol. The Labute approximate surface area is 125 Å². The van der Waals surface area contributed by atoms with Crippen LogP contribution in [0.5, 0.6) is 0 Å². The summed E-state index contributed by atoms with van der Waals surface area (Å²) in [6, 6.07) is 11.2. The van der Waals surface area contributed by atoms with Crippen LogP contribution in [0.4, 0.5) is 0 Å². The third-order valence-corrected chi connectivity index (χ3v) is 5.59. The van der Waals surface area contributed by atoms with E-state index in [1.807, 2.05) is 6.07 Å². The van der Waals surface area contributed by atoms with Gasteiger partial charge in [-0.25, -0.2) is 0 Å². The molecule has 0 spiro atoms. The third kappa shape index (κ3) is 2.00. The van der Waals surface area contributed by atoms with Crippen LogP contribution < -0.4 is 11.1 Å². The minimum Gasteiger partial charge on any atom is -0.335 e. The molecule has 4 nitrogen and oxygen atoms in total. The van der Waals surface area contributed by atoms with Gasteiger partial charge in [0.1, 0.15) is 0 Å². The van der Waals surface area contributed by atoms with Gasteiger partial charge < -0.3 is 16.0 Å². The van der Waals surface area contributed by atoms with Crippen LogP contribution in [0.2, 0.25) is 0 Å². The standard InChI is InChI=1S/C17H23N3O/c18-14-8-13-6-7-15(14)20(13)16(21)17(10-19-11-17)9-12-4-2-1-3-5-12/h1-5,13-15,19H,6-11,18H2/t13-,14+,15+/m1/s1. The Bertz CT molecular complexity index is 540. The van der Waals surface area contributed by atoms with Crippen molar-refractivity contribution in [3.05, 3.63) is 35.9 Å². The summed E-state index contributed by atoms with van der Waals surface area (Å²) in [5, 5.41) is 3.31. The number of nitrogens with two attached hydrogens (primary N) is 1. The topological polar surface area (TPSA) is 58.4 Å². The van der Waals surface area contributed by atoms with E-state index in [1.54, 1.807) is 0 Å². The van der Waals surface area contributed by atoms with Gasteiger partial charge in [0.05, 0.1) is 5.41 Å². The maximum absolute atomic E-state index is 13.2. The lowest BCUT2D eigenvalue weighted by Crippen LogP contribution is -2.64. The van der Waals surface area contributed by atoms with E-state index < -0.39 is 0 Å². The number of hydrogen-bond acceptors (Lipinski definition) is 3. The molecule has 0 saturated carbocycles. The molecule has 1 aromatic carbocycles. The molecule has 0 radical (unpaired) electrons. The lowest BCUT2D eigenvalue weighted by molar-refractivity contribution is -0.146. The molecule has 1 amide bonds. The number of hydrogen-bond donors (Lipinski definition) is 2. The van der Waals surface area contributed by atoms with Crippen LogP contribution in [-0.4, -0.2) is 42.0 Å². The Balaban J connectivity index is 1.57. The Morgan fingerprint density at radius 2 is 2.05 bits per heavy atom. The number of rotatable bonds is 3. The number of fused-ring (bicyclic) bond motifs is 2. The molecular formula is C17H23N3O. The maximum Gasteiger partial charge on any atom is 0.232 e. The van der Waals surface area contributed by atoms with Crippen LogP contribution in [0.3, 0.4) is 0 Å². The van der Waals surface area contributed by atoms with Crippen molar-refractivity contribution in [1.29, 1.82) is 0 Å². The lowest BCUT2D eigenvalue weighted by atomic mass is 9.75. The summed E-state index contributed by atoms with van der Waals surface area (Å²) >= 11 is 0. The predicted octanol–water partition coefficient (Wildman–Crippen LogP) is 0.909. The second kappa shape index (κ2) is 4.82. The van der Waals surface area contributed by atoms with E-state index in [4.69, 9.17) is 5.73 Å². The van der Waals surface area contributed by atoms with Crippen molar-refractivity contribution in [2.45, 2.75) is 43.8 Å². The third-order valence-electron chi connectivity index (χ3n) is 5.59. The molecule has 1 aromatic rings. The van der Waals surface area contributed by atoms with E-state index >= 15 is 0 Å². The van der Waals surface area contributed by atoms with Gasteiger partial charge in [0.2, 0.25) is 5.91 Å². The highest BCUT2D eigenvalue weighted by atomic mass is 16.2. The number of carbonyl (C=O) groups excluding carboxylic acids is 1. The van der Waals surface area contributed by atoms with E-state index in [0.717, 1.165) is 38.8 Å². The molecule has 3 saturated heterocycles. The Hall–Kier alpha value is -1.39. The molecule has 3 heterocycles. The smallest absolute Gasteiger partial charge is 0.232 e. The molecule has 2 bridgehead atoms. The summed E-state index contributed by atoms with van der Waals surface area (Å²) in [6.07, 6.45) is 4.06. The minimum atomic E-state index is -0.244. The highest BCUT2D eigenvalue weighted by Gasteiger charge is 2.54. The number of benzene rings is 1. The molecule has 4 heteroatoms. The number of amides is 1. The largest absolute Gasteiger partial charge is 0.335 e. The first kappa shape index (κ1) is 13.3. The molecular weight excluding hydrogens is 262 g/mol. The van der Waals surface area contributed by atoms with E-state index in [2.05, 4.69) is 34.5 Å². The van der Waals surface area contributed by atoms with Crippen LogP contribution in [0.15, 0.2) is 30.3 Å². The molecule has 3 N–H and O–H groups in total. The zero-order valence-corrected chi connectivity index (χ0v) is 12.3. The summed E-state index contributed by atoms with van der Waals surface area (Å²) < 4.78 is 0. The summed E-state index contributed by atoms with van der Waals surface area (Å²) in [7, 11) is 0. The van der Waals surface area contributed by atoms with E-state index in [9.17, 15) is 4.79 Å². The first-order chi connectivity index (χ1) is 10.2. The van der Waals surface area contributed by atoms with Crippen molar-refractivity contribution in [2.24, 2.45) is 11.1 Å². The van der Waals surface area contributed by atoms with Crippen LogP contribution >= 0.6 is 0 Å². The molecule has 0 aliphatic carbocycles. The molecule has 112 valence electrons. The highest BCUT2D eigenvalue weighted by Crippen LogP contribution is 2.41. The van der Waals surface area contributed by atoms with Crippen molar-refractivity contribution in [3.8, 4) is 0 Å². The molecule has 0 aromatic heterocycles. The van der Waals surface area contributed by atoms with Crippen LogP contribution in [-0.2, 0) is 11.2 Å². The first-order valence-corrected chi connectivity index (χ1v) is 8.03. The highest BCUT2D eigenvalue weighted by molar-refractivity contribution is 5.86. The van der Waals surface area contributed by atoms with E-state index in [1.165, 1.54) is 5.56 Å². The monoisotopic (exact) mass is 285 g/mol. The number of carbonyl (C=O) groups is 1. The van der Waals surface area contributed by atoms with Crippen molar-refractivity contribution >= 4 is 5.91 Å². The van der Waals surface area contributed by atoms with Crippen LogP contribution in [0, 0.1) is 5.41 Å². The lowest BCUT2D eigenvalue weighted by Gasteiger charge is -2.44. The van der Waals surface area contributed by atoms with Gasteiger partial charge in [0.25, 0.3) is 0 Å². The summed E-state index contributed by atoms with van der Waals surface area (Å²) in [6.45, 7) is 1.60. The SMILES string of the molecule is N[C@H]1C[C@H]2CC[C@@H]1N2C(=O)C1(Cc2ccccc2)CNC1. The fraction of sp³-hybridized carbons (Fsp3) is 0.588. The Morgan fingerprint density at radius 3 is 2.57 bits per heavy atom. The van der Waals surface area contributed by atoms with Crippen LogP contribution in [0.1, 0.15) is 24.8 Å². The Kier molecular flexibility index (Phi) is 3.05. The second-order valence-corrected chi connectivity index (χ2v) is 6.96. The van der Waals surface area contributed by atoms with Gasteiger partial charge in [-0.1, -0.05) is 30.3 Å². The second-order valence-electron chi connectivity index (χ2n) is 6.96. The molecule has 3 aliphatic heterocycles. The molecule has 3 aliphatic rings. The average molecular weight is 285 g/mol. The van der Waals surface area contributed by atoms with Gasteiger partial charge in [-0.3, -0.25) is 4.79 Å². The molecule has 4 rings (SSSR count). The number of nitrogens with one attached hydrogen (secondary N) is 1. The van der Waals surface area contributed by atoms with Gasteiger partial charge in [-0.15, -0.1) is 0 Å². The summed E-state index contributed by atoms with van der Waals surface area (Å²) in [5.74, 6) is 0.338. The van der Waals surface area contributed by atoms with Gasteiger partial charge in [0.15, 0.2) is 0 Å². The van der Waals surface area contributed by atoms with Gasteiger partial charge in [-0.2, -0.15) is 0 Å². The molecule has 3 fully saturated rings. The summed E-state index contributed by atoms with van der Waals surface area (Å²) in [4.78, 5) is 15.3. The minimum absolute atomic E-state index is 0.189. The van der Waals surface area contributed by atoms with Crippen molar-refractivity contribution in [1.82, 2.24) is 10.2 Å². The Morgan fingerprint density at radius 1 is 1.29 bits per heavy atom. The van der Waals surface area contributed by atoms with Crippen molar-refractivity contribution in [3.63, 3.8) is 0 Å². The summed E-state index contributed by atoms with van der Waals surface area (Å²) in [5.41, 5.74) is 7.20. The first-order valence-electron chi connectivity index (χ1n) is 8.03. The van der Waals surface area contributed by atoms with Gasteiger partial charge >= 0.3 is 0 Å². The maximum atomic E-state index is 13.2. The van der Waals surface area contributed by atoms with Crippen LogP contribution in [0.25, 0.3) is 0 Å². The van der Waals surface area contributed by atoms with Crippen molar-refractivity contribution in [2.75, 3.05) is 13.1 Å². The fourth-order valence-electron chi connectivity index (χ4n) is 4.39. The van der Waals surface area contributed by atoms with Crippen molar-refractivity contribution < 1.29 is 4.79 Å². The molecule has 0 unspecified atom stereocenters. The zero-order chi connectivity index (χ0) is 14.4. The molecule has 3 atom stereocenters. The number of nitrogens with zero attached hydrogens (tertiary/aromatic N) is 1. The van der Waals surface area contributed by atoms with Gasteiger partial charge in [-0.05, 0) is 31.2 Å².